The summed E-state index contributed by atoms with van der Waals surface area (Å²) in [6.07, 6.45) is 8.10. The summed E-state index contributed by atoms with van der Waals surface area (Å²) in [5, 5.41) is 0. The van der Waals surface area contributed by atoms with Gasteiger partial charge in [-0.25, -0.2) is 9.98 Å². The lowest BCUT2D eigenvalue weighted by Crippen LogP contribution is -2.43. The Hall–Kier alpha value is -3.08. The molecule has 4 rings (SSSR count). The highest BCUT2D eigenvalue weighted by atomic mass is 15.3. The van der Waals surface area contributed by atoms with Gasteiger partial charge >= 0.3 is 0 Å². The van der Waals surface area contributed by atoms with Gasteiger partial charge in [-0.1, -0.05) is 55.5 Å². The lowest BCUT2D eigenvalue weighted by molar-refractivity contribution is 0.270. The molecule has 1 unspecified atom stereocenters. The number of guanidine groups is 1. The minimum Gasteiger partial charge on any atom is -0.370 e. The topological polar surface area (TPSA) is 59.4 Å². The van der Waals surface area contributed by atoms with Gasteiger partial charge in [0.1, 0.15) is 0 Å². The number of benzene rings is 2. The van der Waals surface area contributed by atoms with Crippen LogP contribution < -0.4 is 5.73 Å². The Morgan fingerprint density at radius 1 is 1.17 bits per heavy atom. The fourth-order valence-electron chi connectivity index (χ4n) is 3.98. The third kappa shape index (κ3) is 4.86. The molecule has 150 valence electrons. The second-order valence-corrected chi connectivity index (χ2v) is 7.96. The molecule has 1 saturated heterocycles. The zero-order valence-corrected chi connectivity index (χ0v) is 17.0. The highest BCUT2D eigenvalue weighted by Gasteiger charge is 2.17. The van der Waals surface area contributed by atoms with E-state index >= 15 is 0 Å². The number of nitrogens with zero attached hydrogens (tertiary/aromatic N) is 4. The molecule has 1 aliphatic rings. The van der Waals surface area contributed by atoms with Gasteiger partial charge < -0.3 is 15.2 Å². The fraction of sp³-hybridized carbons (Fsp3) is 0.333. The van der Waals surface area contributed by atoms with Gasteiger partial charge in [0.15, 0.2) is 5.96 Å². The van der Waals surface area contributed by atoms with Crippen molar-refractivity contribution in [1.29, 1.82) is 0 Å². The molecule has 0 amide bonds. The Labute approximate surface area is 172 Å². The van der Waals surface area contributed by atoms with Gasteiger partial charge in [-0.15, -0.1) is 0 Å². The zero-order valence-electron chi connectivity index (χ0n) is 17.0. The number of aliphatic imine (C=N–C) groups is 1. The SMILES string of the molecule is CC1CCCN(C(N)=NCc2ccccc2-c2ccc(Cn3ccnc3)cc2)C1. The summed E-state index contributed by atoms with van der Waals surface area (Å²) >= 11 is 0. The quantitative estimate of drug-likeness (QED) is 0.529. The average molecular weight is 388 g/mol. The van der Waals surface area contributed by atoms with Gasteiger partial charge in [-0.2, -0.15) is 0 Å². The van der Waals surface area contributed by atoms with E-state index in [2.05, 4.69) is 69.9 Å². The van der Waals surface area contributed by atoms with E-state index in [1.54, 1.807) is 6.20 Å². The number of piperidine rings is 1. The molecule has 2 aromatic carbocycles. The van der Waals surface area contributed by atoms with Crippen LogP contribution in [0.15, 0.2) is 72.2 Å². The van der Waals surface area contributed by atoms with Crippen molar-refractivity contribution in [3.8, 4) is 11.1 Å². The van der Waals surface area contributed by atoms with E-state index in [0.29, 0.717) is 18.4 Å². The molecule has 2 heterocycles. The Bertz CT molecular complexity index is 944. The Kier molecular flexibility index (Phi) is 5.94. The second-order valence-electron chi connectivity index (χ2n) is 7.96. The lowest BCUT2D eigenvalue weighted by atomic mass is 9.98. The Morgan fingerprint density at radius 2 is 2.00 bits per heavy atom. The molecule has 1 aromatic heterocycles. The van der Waals surface area contributed by atoms with Crippen molar-refractivity contribution in [2.75, 3.05) is 13.1 Å². The molecule has 2 N–H and O–H groups in total. The number of hydrogen-bond acceptors (Lipinski definition) is 2. The summed E-state index contributed by atoms with van der Waals surface area (Å²) < 4.78 is 2.07. The minimum absolute atomic E-state index is 0.601. The first-order chi connectivity index (χ1) is 14.2. The Balaban J connectivity index is 1.48. The molecule has 1 atom stereocenters. The Morgan fingerprint density at radius 3 is 2.76 bits per heavy atom. The van der Waals surface area contributed by atoms with Gasteiger partial charge in [-0.3, -0.25) is 0 Å². The zero-order chi connectivity index (χ0) is 20.1. The van der Waals surface area contributed by atoms with E-state index in [0.717, 1.165) is 19.6 Å². The minimum atomic E-state index is 0.601. The van der Waals surface area contributed by atoms with E-state index in [9.17, 15) is 0 Å². The van der Waals surface area contributed by atoms with Crippen LogP contribution in [0.1, 0.15) is 30.9 Å². The van der Waals surface area contributed by atoms with Crippen molar-refractivity contribution in [2.45, 2.75) is 32.9 Å². The first-order valence-corrected chi connectivity index (χ1v) is 10.4. The van der Waals surface area contributed by atoms with E-state index in [1.807, 2.05) is 12.5 Å². The van der Waals surface area contributed by atoms with Crippen LogP contribution in [0.2, 0.25) is 0 Å². The smallest absolute Gasteiger partial charge is 0.191 e. The average Bonchev–Trinajstić information content (AvgIpc) is 3.26. The third-order valence-corrected chi connectivity index (χ3v) is 5.60. The van der Waals surface area contributed by atoms with Crippen LogP contribution in [0, 0.1) is 5.92 Å². The maximum absolute atomic E-state index is 6.30. The second kappa shape index (κ2) is 8.95. The number of imidazole rings is 1. The predicted molar refractivity (Wildman–Crippen MR) is 119 cm³/mol. The molecule has 1 aliphatic heterocycles. The maximum Gasteiger partial charge on any atom is 0.191 e. The number of hydrogen-bond donors (Lipinski definition) is 1. The number of nitrogens with two attached hydrogens (primary N) is 1. The van der Waals surface area contributed by atoms with Crippen molar-refractivity contribution in [2.24, 2.45) is 16.6 Å². The monoisotopic (exact) mass is 387 g/mol. The summed E-state index contributed by atoms with van der Waals surface area (Å²) in [6, 6.07) is 17.2. The normalized spacial score (nSPS) is 17.5. The van der Waals surface area contributed by atoms with Crippen LogP contribution in [-0.2, 0) is 13.1 Å². The van der Waals surface area contributed by atoms with Gasteiger partial charge in [0.25, 0.3) is 0 Å². The number of likely N-dealkylation sites (tertiary alicyclic amines) is 1. The summed E-state index contributed by atoms with van der Waals surface area (Å²) in [5.41, 5.74) is 11.2. The van der Waals surface area contributed by atoms with Crippen LogP contribution >= 0.6 is 0 Å². The molecular formula is C24H29N5. The van der Waals surface area contributed by atoms with Crippen molar-refractivity contribution in [3.05, 3.63) is 78.4 Å². The summed E-state index contributed by atoms with van der Waals surface area (Å²) in [5.74, 6) is 1.35. The highest BCUT2D eigenvalue weighted by Crippen LogP contribution is 2.25. The summed E-state index contributed by atoms with van der Waals surface area (Å²) in [6.45, 7) is 5.74. The standard InChI is InChI=1S/C24H29N5/c1-19-5-4-13-29(16-19)24(25)27-15-22-6-2-3-7-23(22)21-10-8-20(9-11-21)17-28-14-12-26-18-28/h2-3,6-12,14,18-19H,4-5,13,15-17H2,1H3,(H2,25,27). The molecule has 3 aromatic rings. The third-order valence-electron chi connectivity index (χ3n) is 5.60. The molecular weight excluding hydrogens is 358 g/mol. The molecule has 5 heteroatoms. The van der Waals surface area contributed by atoms with Gasteiger partial charge in [0.2, 0.25) is 0 Å². The first kappa shape index (κ1) is 19.2. The molecule has 0 aliphatic carbocycles. The van der Waals surface area contributed by atoms with Crippen LogP contribution in [-0.4, -0.2) is 33.5 Å². The van der Waals surface area contributed by atoms with Crippen LogP contribution in [0.3, 0.4) is 0 Å². The maximum atomic E-state index is 6.30. The van der Waals surface area contributed by atoms with E-state index in [-0.39, 0.29) is 0 Å². The van der Waals surface area contributed by atoms with Crippen molar-refractivity contribution in [1.82, 2.24) is 14.5 Å². The van der Waals surface area contributed by atoms with Gasteiger partial charge in [0, 0.05) is 32.0 Å². The highest BCUT2D eigenvalue weighted by molar-refractivity contribution is 5.78. The lowest BCUT2D eigenvalue weighted by Gasteiger charge is -2.31. The molecule has 5 nitrogen and oxygen atoms in total. The molecule has 0 radical (unpaired) electrons. The largest absolute Gasteiger partial charge is 0.370 e. The molecule has 1 fully saturated rings. The fourth-order valence-corrected chi connectivity index (χ4v) is 3.98. The van der Waals surface area contributed by atoms with Crippen LogP contribution in [0.5, 0.6) is 0 Å². The van der Waals surface area contributed by atoms with E-state index < -0.39 is 0 Å². The molecule has 0 saturated carbocycles. The van der Waals surface area contributed by atoms with Crippen molar-refractivity contribution >= 4 is 5.96 Å². The van der Waals surface area contributed by atoms with Gasteiger partial charge in [-0.05, 0) is 41.0 Å². The molecule has 29 heavy (non-hydrogen) atoms. The van der Waals surface area contributed by atoms with Crippen LogP contribution in [0.25, 0.3) is 11.1 Å². The number of rotatable bonds is 5. The summed E-state index contributed by atoms with van der Waals surface area (Å²) in [4.78, 5) is 11.0. The van der Waals surface area contributed by atoms with E-state index in [4.69, 9.17) is 10.7 Å². The molecule has 0 bridgehead atoms. The van der Waals surface area contributed by atoms with Gasteiger partial charge in [0.05, 0.1) is 12.9 Å². The summed E-state index contributed by atoms with van der Waals surface area (Å²) in [7, 11) is 0. The van der Waals surface area contributed by atoms with Crippen molar-refractivity contribution < 1.29 is 0 Å². The van der Waals surface area contributed by atoms with Crippen molar-refractivity contribution in [3.63, 3.8) is 0 Å². The number of aromatic nitrogens is 2. The predicted octanol–water partition coefficient (Wildman–Crippen LogP) is 4.15. The van der Waals surface area contributed by atoms with E-state index in [1.165, 1.54) is 35.1 Å². The first-order valence-electron chi connectivity index (χ1n) is 10.4. The van der Waals surface area contributed by atoms with Crippen LogP contribution in [0.4, 0.5) is 0 Å². The molecule has 0 spiro atoms.